The molecule has 1 amide bonds. The number of hydrogen-bond acceptors (Lipinski definition) is 7. The maximum atomic E-state index is 15.0. The minimum absolute atomic E-state index is 0.0703. The van der Waals surface area contributed by atoms with Crippen molar-refractivity contribution >= 4 is 28.9 Å². The van der Waals surface area contributed by atoms with Crippen LogP contribution >= 0.6 is 0 Å². The van der Waals surface area contributed by atoms with Crippen LogP contribution in [0.25, 0.3) is 10.9 Å². The Balaban J connectivity index is 1.69. The van der Waals surface area contributed by atoms with E-state index in [0.29, 0.717) is 22.0 Å². The second-order valence-electron chi connectivity index (χ2n) is 7.29. The molecule has 0 fully saturated rings. The van der Waals surface area contributed by atoms with Gasteiger partial charge in [0, 0.05) is 24.2 Å². The topological polar surface area (TPSA) is 145 Å². The van der Waals surface area contributed by atoms with E-state index >= 15 is 4.39 Å². The number of carbonyl (C=O) groups excluding carboxylic acids is 1. The lowest BCUT2D eigenvalue weighted by atomic mass is 10.0. The predicted octanol–water partition coefficient (Wildman–Crippen LogP) is 2.30. The Morgan fingerprint density at radius 1 is 1.38 bits per heavy atom. The van der Waals surface area contributed by atoms with Crippen molar-refractivity contribution in [1.82, 2.24) is 25.6 Å². The fourth-order valence-electron chi connectivity index (χ4n) is 3.29. The van der Waals surface area contributed by atoms with Gasteiger partial charge in [0.25, 0.3) is 11.5 Å². The molecule has 0 radical (unpaired) electrons. The first-order valence-electron chi connectivity index (χ1n) is 10.3. The zero-order valence-electron chi connectivity index (χ0n) is 18.9. The Morgan fingerprint density at radius 2 is 2.15 bits per heavy atom. The van der Waals surface area contributed by atoms with Crippen molar-refractivity contribution in [2.45, 2.75) is 20.0 Å². The number of aromatic amines is 1. The van der Waals surface area contributed by atoms with Gasteiger partial charge in [-0.1, -0.05) is 24.8 Å². The van der Waals surface area contributed by atoms with Gasteiger partial charge in [-0.05, 0) is 19.9 Å². The summed E-state index contributed by atoms with van der Waals surface area (Å²) in [5.41, 5.74) is 0.719. The first kappa shape index (κ1) is 24.2. The van der Waals surface area contributed by atoms with Gasteiger partial charge < -0.3 is 20.7 Å². The molecule has 3 rings (SSSR count). The lowest BCUT2D eigenvalue weighted by molar-refractivity contribution is 0.0964. The Hall–Kier alpha value is -4.41. The first-order valence-corrected chi connectivity index (χ1v) is 10.3. The molecule has 2 aromatic heterocycles. The summed E-state index contributed by atoms with van der Waals surface area (Å²) in [5, 5.41) is 15.8. The van der Waals surface area contributed by atoms with Crippen molar-refractivity contribution in [3.63, 3.8) is 0 Å². The minimum atomic E-state index is -1.46. The number of rotatable bonds is 8. The fourth-order valence-corrected chi connectivity index (χ4v) is 3.29. The molecule has 10 nitrogen and oxygen atoms in total. The van der Waals surface area contributed by atoms with Crippen LogP contribution in [0.4, 0.5) is 4.39 Å². The highest BCUT2D eigenvalue weighted by Crippen LogP contribution is 2.27. The normalized spacial score (nSPS) is 12.6. The van der Waals surface area contributed by atoms with E-state index < -0.39 is 17.6 Å². The Bertz CT molecular complexity index is 1360. The summed E-state index contributed by atoms with van der Waals surface area (Å²) in [7, 11) is 1.52. The number of hydrogen-bond donors (Lipinski definition) is 4. The lowest BCUT2D eigenvalue weighted by Gasteiger charge is -2.13. The number of aryl methyl sites for hydroxylation is 1. The summed E-state index contributed by atoms with van der Waals surface area (Å²) in [6, 6.07) is 6.57. The monoisotopic (exact) mass is 465 g/mol. The van der Waals surface area contributed by atoms with Crippen LogP contribution in [-0.2, 0) is 0 Å². The van der Waals surface area contributed by atoms with Crippen molar-refractivity contribution in [2.24, 2.45) is 9.98 Å². The Labute approximate surface area is 194 Å². The zero-order chi connectivity index (χ0) is 24.8. The number of nitrogens with zero attached hydrogens (tertiary/aromatic N) is 4. The molecule has 2 heterocycles. The third-order valence-corrected chi connectivity index (χ3v) is 4.94. The third kappa shape index (κ3) is 5.31. The van der Waals surface area contributed by atoms with Crippen LogP contribution in [0.5, 0.6) is 5.88 Å². The Kier molecular flexibility index (Phi) is 7.46. The molecule has 0 saturated heterocycles. The van der Waals surface area contributed by atoms with Crippen molar-refractivity contribution < 1.29 is 14.3 Å². The number of para-hydroxylation sites is 1. The molecule has 0 spiro atoms. The molecule has 3 aromatic rings. The van der Waals surface area contributed by atoms with Gasteiger partial charge in [-0.3, -0.25) is 14.6 Å². The molecule has 1 atom stereocenters. The second-order valence-corrected chi connectivity index (χ2v) is 7.29. The molecule has 0 aliphatic rings. The first-order chi connectivity index (χ1) is 16.2. The molecule has 11 heteroatoms. The lowest BCUT2D eigenvalue weighted by Crippen LogP contribution is -2.20. The van der Waals surface area contributed by atoms with Crippen LogP contribution in [0.2, 0.25) is 0 Å². The van der Waals surface area contributed by atoms with Gasteiger partial charge in [0.15, 0.2) is 0 Å². The summed E-state index contributed by atoms with van der Waals surface area (Å²) in [6.45, 7) is 6.62. The van der Waals surface area contributed by atoms with Crippen molar-refractivity contribution in [2.75, 3.05) is 13.6 Å². The molecule has 176 valence electrons. The van der Waals surface area contributed by atoms with Gasteiger partial charge in [-0.2, -0.15) is 0 Å². The smallest absolute Gasteiger partial charge is 0.263 e. The number of carbonyl (C=O) groups is 1. The third-order valence-electron chi connectivity index (χ3n) is 4.94. The molecule has 0 saturated carbocycles. The van der Waals surface area contributed by atoms with Crippen molar-refractivity contribution in [3.8, 4) is 5.88 Å². The average molecular weight is 465 g/mol. The van der Waals surface area contributed by atoms with Gasteiger partial charge in [0.2, 0.25) is 5.88 Å². The zero-order valence-corrected chi connectivity index (χ0v) is 18.9. The van der Waals surface area contributed by atoms with Gasteiger partial charge >= 0.3 is 0 Å². The van der Waals surface area contributed by atoms with E-state index in [1.54, 1.807) is 31.2 Å². The summed E-state index contributed by atoms with van der Waals surface area (Å²) in [6.07, 6.45) is 1.14. The van der Waals surface area contributed by atoms with E-state index in [9.17, 15) is 14.7 Å². The highest BCUT2D eigenvalue weighted by atomic mass is 19.1. The van der Waals surface area contributed by atoms with Crippen LogP contribution in [0.3, 0.4) is 0 Å². The largest absolute Gasteiger partial charge is 0.493 e. The van der Waals surface area contributed by atoms with Crippen LogP contribution in [-0.4, -0.2) is 51.6 Å². The second kappa shape index (κ2) is 10.5. The molecule has 0 aliphatic heterocycles. The minimum Gasteiger partial charge on any atom is -0.493 e. The van der Waals surface area contributed by atoms with E-state index in [-0.39, 0.29) is 35.4 Å². The van der Waals surface area contributed by atoms with Gasteiger partial charge in [0.05, 0.1) is 23.3 Å². The number of halogens is 1. The maximum absolute atomic E-state index is 15.0. The van der Waals surface area contributed by atoms with Gasteiger partial charge in [-0.15, -0.1) is 0 Å². The number of aromatic hydroxyl groups is 1. The van der Waals surface area contributed by atoms with E-state index in [2.05, 4.69) is 42.1 Å². The van der Waals surface area contributed by atoms with E-state index in [0.717, 1.165) is 6.34 Å². The van der Waals surface area contributed by atoms with Gasteiger partial charge in [0.1, 0.15) is 29.7 Å². The number of pyridine rings is 1. The molecular weight excluding hydrogens is 441 g/mol. The van der Waals surface area contributed by atoms with Crippen LogP contribution in [0, 0.1) is 6.92 Å². The number of amides is 1. The highest BCUT2D eigenvalue weighted by Gasteiger charge is 2.17. The molecule has 1 aromatic carbocycles. The van der Waals surface area contributed by atoms with E-state index in [1.165, 1.54) is 20.2 Å². The maximum Gasteiger partial charge on any atom is 0.263 e. The summed E-state index contributed by atoms with van der Waals surface area (Å²) in [5.74, 6) is -0.305. The number of alkyl halides is 1. The van der Waals surface area contributed by atoms with Crippen LogP contribution in [0.15, 0.2) is 57.6 Å². The fraction of sp³-hybridized carbons (Fsp3) is 0.217. The molecule has 34 heavy (non-hydrogen) atoms. The van der Waals surface area contributed by atoms with Crippen molar-refractivity contribution in [3.05, 3.63) is 75.7 Å². The highest BCUT2D eigenvalue weighted by molar-refractivity contribution is 6.06. The van der Waals surface area contributed by atoms with Crippen molar-refractivity contribution in [1.29, 1.82) is 0 Å². The average Bonchev–Trinajstić information content (AvgIpc) is 2.80. The molecule has 1 unspecified atom stereocenters. The standard InChI is InChI=1S/C23H24FN7O3/c1-12(19-22(33)30-14(3)31-23(19)34)28-11-29-13(2)27-10-18(24)17-7-5-6-15-16(21(32)25-4)8-9-26-20(15)17/h5-9,11,18,27H,2,10H2,1,3-4H3,(H,25,32)(H2,30,31,33,34)/b28-12?,29-11-. The molecule has 0 aliphatic carbocycles. The number of aromatic nitrogens is 3. The SMILES string of the molecule is C=C(/N=C\N=C(C)c1c(O)nc(C)[nH]c1=O)NCC(F)c1cccc2c(C(=O)NC)ccnc12. The summed E-state index contributed by atoms with van der Waals surface area (Å²) >= 11 is 0. The number of nitrogens with one attached hydrogen (secondary N) is 3. The number of fused-ring (bicyclic) bond motifs is 1. The molecular formula is C23H24FN7O3. The van der Waals surface area contributed by atoms with E-state index in [4.69, 9.17) is 0 Å². The van der Waals surface area contributed by atoms with E-state index in [1.807, 2.05) is 0 Å². The summed E-state index contributed by atoms with van der Waals surface area (Å²) in [4.78, 5) is 42.6. The van der Waals surface area contributed by atoms with Crippen LogP contribution in [0.1, 0.15) is 40.4 Å². The van der Waals surface area contributed by atoms with Crippen LogP contribution < -0.4 is 16.2 Å². The van der Waals surface area contributed by atoms with Gasteiger partial charge in [-0.25, -0.2) is 19.4 Å². The Morgan fingerprint density at radius 3 is 2.85 bits per heavy atom. The molecule has 4 N–H and O–H groups in total. The predicted molar refractivity (Wildman–Crippen MR) is 128 cm³/mol. The quantitative estimate of drug-likeness (QED) is 0.297. The molecule has 0 bridgehead atoms. The number of benzene rings is 1. The summed E-state index contributed by atoms with van der Waals surface area (Å²) < 4.78 is 15.0. The number of H-pyrrole nitrogens is 1. The number of aliphatic imine (C=N–C) groups is 2.